The largest absolute Gasteiger partial charge is 0.294 e. The number of aromatic nitrogens is 1. The summed E-state index contributed by atoms with van der Waals surface area (Å²) >= 11 is 0. The highest BCUT2D eigenvalue weighted by Crippen LogP contribution is 2.31. The average Bonchev–Trinajstić information content (AvgIpc) is 2.56. The Morgan fingerprint density at radius 1 is 1.27 bits per heavy atom. The van der Waals surface area contributed by atoms with Crippen LogP contribution in [-0.4, -0.2) is 16.7 Å². The van der Waals surface area contributed by atoms with Crippen molar-refractivity contribution in [2.45, 2.75) is 25.4 Å². The van der Waals surface area contributed by atoms with Gasteiger partial charge in [0, 0.05) is 24.4 Å². The molecule has 1 heterocycles. The van der Waals surface area contributed by atoms with Gasteiger partial charge in [-0.1, -0.05) is 30.3 Å². The lowest BCUT2D eigenvalue weighted by atomic mass is 9.82. The highest BCUT2D eigenvalue weighted by molar-refractivity contribution is 6.01. The van der Waals surface area contributed by atoms with Crippen molar-refractivity contribution in [1.82, 2.24) is 10.5 Å². The van der Waals surface area contributed by atoms with Gasteiger partial charge in [0.15, 0.2) is 5.78 Å². The monoisotopic (exact) mass is 296 g/mol. The molecule has 5 nitrogen and oxygen atoms in total. The molecule has 22 heavy (non-hydrogen) atoms. The second-order valence-electron chi connectivity index (χ2n) is 5.22. The Morgan fingerprint density at radius 3 is 2.95 bits per heavy atom. The second kappa shape index (κ2) is 6.49. The van der Waals surface area contributed by atoms with Crippen LogP contribution in [0.5, 0.6) is 0 Å². The first kappa shape index (κ1) is 14.4. The van der Waals surface area contributed by atoms with Crippen LogP contribution in [-0.2, 0) is 16.2 Å². The Bertz CT molecular complexity index is 685. The van der Waals surface area contributed by atoms with Crippen LogP contribution in [0.2, 0.25) is 0 Å². The van der Waals surface area contributed by atoms with Gasteiger partial charge in [0.05, 0.1) is 5.92 Å². The molecule has 112 valence electrons. The number of Topliss-reactive ketones (excluding diaryl/α,β-unsaturated/α-hetero) is 1. The number of benzene rings is 1. The Hall–Kier alpha value is -2.53. The number of pyridine rings is 1. The first-order valence-electron chi connectivity index (χ1n) is 7.18. The zero-order valence-electron chi connectivity index (χ0n) is 12.0. The molecule has 5 heteroatoms. The van der Waals surface area contributed by atoms with E-state index in [-0.39, 0.29) is 24.2 Å². The molecule has 1 aliphatic rings. The normalized spacial score (nSPS) is 16.9. The predicted octanol–water partition coefficient (Wildman–Crippen LogP) is 2.39. The van der Waals surface area contributed by atoms with Crippen LogP contribution in [0.3, 0.4) is 0 Å². The molecular weight excluding hydrogens is 280 g/mol. The summed E-state index contributed by atoms with van der Waals surface area (Å²) in [6, 6.07) is 10.9. The Morgan fingerprint density at radius 2 is 2.14 bits per heavy atom. The minimum absolute atomic E-state index is 0.0935. The number of carbonyl (C=O) groups is 2. The number of hydrogen-bond donors (Lipinski definition) is 1. The minimum Gasteiger partial charge on any atom is -0.294 e. The lowest BCUT2D eigenvalue weighted by Gasteiger charge is -2.23. The van der Waals surface area contributed by atoms with Crippen LogP contribution in [0.25, 0.3) is 0 Å². The molecule has 1 N–H and O–H groups in total. The minimum atomic E-state index is -0.345. The molecule has 1 aromatic heterocycles. The molecule has 3 rings (SSSR count). The van der Waals surface area contributed by atoms with Gasteiger partial charge in [0.1, 0.15) is 6.61 Å². The lowest BCUT2D eigenvalue weighted by molar-refractivity contribution is -0.136. The number of nitrogens with one attached hydrogen (secondary N) is 1. The number of carbonyl (C=O) groups excluding carboxylic acids is 2. The molecular formula is C17H16N2O3. The van der Waals surface area contributed by atoms with Crippen molar-refractivity contribution in [1.29, 1.82) is 0 Å². The van der Waals surface area contributed by atoms with E-state index in [1.165, 1.54) is 0 Å². The zero-order valence-corrected chi connectivity index (χ0v) is 12.0. The first-order valence-corrected chi connectivity index (χ1v) is 7.18. The summed E-state index contributed by atoms with van der Waals surface area (Å²) < 4.78 is 0. The molecule has 2 aromatic rings. The molecule has 0 radical (unpaired) electrons. The summed E-state index contributed by atoms with van der Waals surface area (Å²) in [4.78, 5) is 33.4. The number of hydroxylamine groups is 1. The molecule has 0 bridgehead atoms. The van der Waals surface area contributed by atoms with Crippen molar-refractivity contribution < 1.29 is 14.4 Å². The van der Waals surface area contributed by atoms with Crippen LogP contribution >= 0.6 is 0 Å². The maximum Gasteiger partial charge on any atom is 0.251 e. The van der Waals surface area contributed by atoms with Crippen molar-refractivity contribution in [2.24, 2.45) is 0 Å². The van der Waals surface area contributed by atoms with E-state index >= 15 is 0 Å². The van der Waals surface area contributed by atoms with E-state index in [0.717, 1.165) is 11.1 Å². The fourth-order valence-corrected chi connectivity index (χ4v) is 2.64. The van der Waals surface area contributed by atoms with Gasteiger partial charge in [-0.3, -0.25) is 19.4 Å². The van der Waals surface area contributed by atoms with Gasteiger partial charge in [-0.25, -0.2) is 5.48 Å². The molecule has 1 amide bonds. The van der Waals surface area contributed by atoms with E-state index in [9.17, 15) is 9.59 Å². The van der Waals surface area contributed by atoms with Crippen LogP contribution in [0.1, 0.15) is 40.2 Å². The topological polar surface area (TPSA) is 68.3 Å². The van der Waals surface area contributed by atoms with Crippen molar-refractivity contribution >= 4 is 11.7 Å². The fourth-order valence-electron chi connectivity index (χ4n) is 2.64. The van der Waals surface area contributed by atoms with E-state index in [1.807, 2.05) is 30.3 Å². The van der Waals surface area contributed by atoms with Crippen LogP contribution < -0.4 is 5.48 Å². The number of fused-ring (bicyclic) bond motifs is 1. The molecule has 0 saturated carbocycles. The molecule has 0 saturated heterocycles. The van der Waals surface area contributed by atoms with Gasteiger partial charge in [-0.2, -0.15) is 0 Å². The van der Waals surface area contributed by atoms with Gasteiger partial charge in [0.25, 0.3) is 5.91 Å². The molecule has 1 atom stereocenters. The van der Waals surface area contributed by atoms with E-state index in [1.54, 1.807) is 18.5 Å². The van der Waals surface area contributed by atoms with Crippen molar-refractivity contribution in [2.75, 3.05) is 0 Å². The third-order valence-corrected chi connectivity index (χ3v) is 3.75. The van der Waals surface area contributed by atoms with Crippen molar-refractivity contribution in [3.63, 3.8) is 0 Å². The zero-order chi connectivity index (χ0) is 15.4. The molecule has 1 aliphatic carbocycles. The number of nitrogens with zero attached hydrogens (tertiary/aromatic N) is 1. The van der Waals surface area contributed by atoms with E-state index in [4.69, 9.17) is 4.84 Å². The first-order chi connectivity index (χ1) is 10.8. The Kier molecular flexibility index (Phi) is 4.25. The van der Waals surface area contributed by atoms with Gasteiger partial charge in [0.2, 0.25) is 0 Å². The summed E-state index contributed by atoms with van der Waals surface area (Å²) in [5.74, 6) is -0.470. The summed E-state index contributed by atoms with van der Waals surface area (Å²) in [7, 11) is 0. The third kappa shape index (κ3) is 3.04. The Balaban J connectivity index is 1.63. The van der Waals surface area contributed by atoms with Gasteiger partial charge >= 0.3 is 0 Å². The van der Waals surface area contributed by atoms with E-state index in [2.05, 4.69) is 10.5 Å². The molecule has 1 unspecified atom stereocenters. The number of hydrogen-bond acceptors (Lipinski definition) is 4. The number of ketones is 1. The quantitative estimate of drug-likeness (QED) is 0.880. The smallest absolute Gasteiger partial charge is 0.251 e. The lowest BCUT2D eigenvalue weighted by Crippen LogP contribution is -2.32. The van der Waals surface area contributed by atoms with Crippen molar-refractivity contribution in [3.8, 4) is 0 Å². The predicted molar refractivity (Wildman–Crippen MR) is 79.9 cm³/mol. The van der Waals surface area contributed by atoms with Crippen LogP contribution in [0, 0.1) is 0 Å². The fraction of sp³-hybridized carbons (Fsp3) is 0.235. The standard InChI is InChI=1S/C17H16N2O3/c20-16-8-7-15(13-5-1-2-6-14(13)16)17(21)19-22-11-12-4-3-9-18-10-12/h1-6,9-10,15H,7-8,11H2,(H,19,21). The molecule has 0 fully saturated rings. The maximum atomic E-state index is 12.3. The molecule has 1 aromatic carbocycles. The van der Waals surface area contributed by atoms with Gasteiger partial charge < -0.3 is 0 Å². The summed E-state index contributed by atoms with van der Waals surface area (Å²) in [6.45, 7) is 0.257. The SMILES string of the molecule is O=C1CCC(C(=O)NOCc2cccnc2)c2ccccc21. The van der Waals surface area contributed by atoms with E-state index in [0.29, 0.717) is 18.4 Å². The van der Waals surface area contributed by atoms with Crippen molar-refractivity contribution in [3.05, 3.63) is 65.5 Å². The number of amides is 1. The van der Waals surface area contributed by atoms with Crippen LogP contribution in [0.15, 0.2) is 48.8 Å². The second-order valence-corrected chi connectivity index (χ2v) is 5.22. The summed E-state index contributed by atoms with van der Waals surface area (Å²) in [5.41, 5.74) is 4.77. The summed E-state index contributed by atoms with van der Waals surface area (Å²) in [5, 5.41) is 0. The highest BCUT2D eigenvalue weighted by Gasteiger charge is 2.30. The molecule has 0 aliphatic heterocycles. The highest BCUT2D eigenvalue weighted by atomic mass is 16.6. The average molecular weight is 296 g/mol. The third-order valence-electron chi connectivity index (χ3n) is 3.75. The van der Waals surface area contributed by atoms with Crippen LogP contribution in [0.4, 0.5) is 0 Å². The van der Waals surface area contributed by atoms with Gasteiger partial charge in [-0.15, -0.1) is 0 Å². The van der Waals surface area contributed by atoms with E-state index < -0.39 is 0 Å². The Labute approximate surface area is 128 Å². The van der Waals surface area contributed by atoms with Gasteiger partial charge in [-0.05, 0) is 23.6 Å². The maximum absolute atomic E-state index is 12.3. The number of rotatable bonds is 4. The molecule has 0 spiro atoms. The summed E-state index contributed by atoms with van der Waals surface area (Å²) in [6.07, 6.45) is 4.26.